The van der Waals surface area contributed by atoms with E-state index in [1.807, 2.05) is 24.3 Å². The molecule has 0 radical (unpaired) electrons. The van der Waals surface area contributed by atoms with Crippen molar-refractivity contribution in [3.05, 3.63) is 29.8 Å². The van der Waals surface area contributed by atoms with Gasteiger partial charge in [-0.2, -0.15) is 0 Å². The van der Waals surface area contributed by atoms with Gasteiger partial charge in [0.2, 0.25) is 0 Å². The SMILES string of the molecule is COc1ccc(COCCC(O)CCO)cc1. The maximum absolute atomic E-state index is 9.36. The molecule has 0 aliphatic rings. The van der Waals surface area contributed by atoms with Gasteiger partial charge in [-0.15, -0.1) is 0 Å². The van der Waals surface area contributed by atoms with Crippen molar-refractivity contribution < 1.29 is 19.7 Å². The fourth-order valence-corrected chi connectivity index (χ4v) is 1.42. The number of aliphatic hydroxyl groups is 2. The minimum atomic E-state index is -0.476. The molecule has 0 amide bonds. The molecule has 4 heteroatoms. The lowest BCUT2D eigenvalue weighted by Gasteiger charge is -2.09. The molecule has 0 saturated heterocycles. The molecule has 4 nitrogen and oxygen atoms in total. The molecule has 1 aromatic rings. The molecule has 0 bridgehead atoms. The van der Waals surface area contributed by atoms with E-state index in [1.54, 1.807) is 7.11 Å². The Morgan fingerprint density at radius 3 is 2.47 bits per heavy atom. The van der Waals surface area contributed by atoms with E-state index in [4.69, 9.17) is 14.6 Å². The van der Waals surface area contributed by atoms with Crippen molar-refractivity contribution in [1.29, 1.82) is 0 Å². The second-order valence-corrected chi connectivity index (χ2v) is 3.86. The number of ether oxygens (including phenoxy) is 2. The first kappa shape index (κ1) is 14.0. The molecule has 96 valence electrons. The van der Waals surface area contributed by atoms with Crippen LogP contribution in [0.5, 0.6) is 5.75 Å². The predicted octanol–water partition coefficient (Wildman–Crippen LogP) is 1.35. The molecule has 0 spiro atoms. The van der Waals surface area contributed by atoms with Crippen LogP contribution in [0.15, 0.2) is 24.3 Å². The Kier molecular flexibility index (Phi) is 6.62. The lowest BCUT2D eigenvalue weighted by Crippen LogP contribution is -2.12. The Morgan fingerprint density at radius 1 is 1.18 bits per heavy atom. The smallest absolute Gasteiger partial charge is 0.118 e. The molecule has 0 aliphatic heterocycles. The zero-order chi connectivity index (χ0) is 12.5. The summed E-state index contributed by atoms with van der Waals surface area (Å²) in [7, 11) is 1.63. The van der Waals surface area contributed by atoms with Gasteiger partial charge in [-0.3, -0.25) is 0 Å². The number of aliphatic hydroxyl groups excluding tert-OH is 2. The lowest BCUT2D eigenvalue weighted by atomic mass is 10.2. The monoisotopic (exact) mass is 240 g/mol. The van der Waals surface area contributed by atoms with Crippen LogP contribution in [-0.4, -0.2) is 36.6 Å². The van der Waals surface area contributed by atoms with E-state index in [0.29, 0.717) is 26.1 Å². The molecule has 1 rings (SSSR count). The minimum Gasteiger partial charge on any atom is -0.497 e. The summed E-state index contributed by atoms with van der Waals surface area (Å²) in [5.74, 6) is 0.826. The summed E-state index contributed by atoms with van der Waals surface area (Å²) >= 11 is 0. The zero-order valence-corrected chi connectivity index (χ0v) is 10.1. The number of rotatable bonds is 8. The third-order valence-corrected chi connectivity index (χ3v) is 2.49. The van der Waals surface area contributed by atoms with Crippen LogP contribution in [-0.2, 0) is 11.3 Å². The van der Waals surface area contributed by atoms with Gasteiger partial charge >= 0.3 is 0 Å². The molecule has 2 N–H and O–H groups in total. The molecule has 0 aliphatic carbocycles. The van der Waals surface area contributed by atoms with Crippen LogP contribution in [0, 0.1) is 0 Å². The van der Waals surface area contributed by atoms with E-state index < -0.39 is 6.10 Å². The summed E-state index contributed by atoms with van der Waals surface area (Å²) in [4.78, 5) is 0. The van der Waals surface area contributed by atoms with Crippen molar-refractivity contribution >= 4 is 0 Å². The zero-order valence-electron chi connectivity index (χ0n) is 10.1. The van der Waals surface area contributed by atoms with Crippen LogP contribution in [0.3, 0.4) is 0 Å². The van der Waals surface area contributed by atoms with Crippen molar-refractivity contribution in [3.8, 4) is 5.75 Å². The number of benzene rings is 1. The molecule has 0 saturated carbocycles. The maximum atomic E-state index is 9.36. The predicted molar refractivity (Wildman–Crippen MR) is 65.0 cm³/mol. The molecule has 1 unspecified atom stereocenters. The van der Waals surface area contributed by atoms with Gasteiger partial charge in [-0.1, -0.05) is 12.1 Å². The van der Waals surface area contributed by atoms with Gasteiger partial charge in [0, 0.05) is 13.2 Å². The standard InChI is InChI=1S/C13H20O4/c1-16-13-4-2-11(3-5-13)10-17-9-7-12(15)6-8-14/h2-5,12,14-15H,6-10H2,1H3. The molecular formula is C13H20O4. The van der Waals surface area contributed by atoms with Gasteiger partial charge in [-0.05, 0) is 30.5 Å². The minimum absolute atomic E-state index is 0.0135. The van der Waals surface area contributed by atoms with Gasteiger partial charge in [-0.25, -0.2) is 0 Å². The van der Waals surface area contributed by atoms with E-state index in [9.17, 15) is 5.11 Å². The van der Waals surface area contributed by atoms with Crippen molar-refractivity contribution in [1.82, 2.24) is 0 Å². The van der Waals surface area contributed by atoms with Crippen molar-refractivity contribution in [3.63, 3.8) is 0 Å². The summed E-state index contributed by atoms with van der Waals surface area (Å²) in [6.45, 7) is 1.03. The Balaban J connectivity index is 2.17. The average molecular weight is 240 g/mol. The Morgan fingerprint density at radius 2 is 1.88 bits per heavy atom. The van der Waals surface area contributed by atoms with E-state index in [2.05, 4.69) is 0 Å². The normalized spacial score (nSPS) is 12.4. The van der Waals surface area contributed by atoms with Crippen LogP contribution in [0.4, 0.5) is 0 Å². The fourth-order valence-electron chi connectivity index (χ4n) is 1.42. The molecule has 0 aromatic heterocycles. The van der Waals surface area contributed by atoms with Crippen LogP contribution in [0.2, 0.25) is 0 Å². The fraction of sp³-hybridized carbons (Fsp3) is 0.538. The third-order valence-electron chi connectivity index (χ3n) is 2.49. The highest BCUT2D eigenvalue weighted by molar-refractivity contribution is 5.26. The highest BCUT2D eigenvalue weighted by Gasteiger charge is 2.02. The van der Waals surface area contributed by atoms with E-state index in [-0.39, 0.29) is 6.61 Å². The topological polar surface area (TPSA) is 58.9 Å². The number of hydrogen-bond acceptors (Lipinski definition) is 4. The summed E-state index contributed by atoms with van der Waals surface area (Å²) in [5, 5.41) is 18.0. The van der Waals surface area contributed by atoms with Crippen LogP contribution in [0.25, 0.3) is 0 Å². The van der Waals surface area contributed by atoms with Crippen molar-refractivity contribution in [2.75, 3.05) is 20.3 Å². The molecule has 1 aromatic carbocycles. The first-order valence-corrected chi connectivity index (χ1v) is 5.76. The van der Waals surface area contributed by atoms with E-state index >= 15 is 0 Å². The third kappa shape index (κ3) is 5.68. The Bertz CT molecular complexity index is 297. The van der Waals surface area contributed by atoms with Gasteiger partial charge in [0.25, 0.3) is 0 Å². The molecular weight excluding hydrogens is 220 g/mol. The number of methoxy groups -OCH3 is 1. The Labute approximate surface area is 102 Å². The Hall–Kier alpha value is -1.10. The quantitative estimate of drug-likeness (QED) is 0.673. The molecule has 0 heterocycles. The summed E-state index contributed by atoms with van der Waals surface area (Å²) in [5.41, 5.74) is 1.07. The molecule has 17 heavy (non-hydrogen) atoms. The second-order valence-electron chi connectivity index (χ2n) is 3.86. The van der Waals surface area contributed by atoms with Crippen LogP contribution in [0.1, 0.15) is 18.4 Å². The van der Waals surface area contributed by atoms with E-state index in [0.717, 1.165) is 11.3 Å². The number of hydrogen-bond donors (Lipinski definition) is 2. The highest BCUT2D eigenvalue weighted by Crippen LogP contribution is 2.12. The largest absolute Gasteiger partial charge is 0.497 e. The first-order valence-electron chi connectivity index (χ1n) is 5.76. The highest BCUT2D eigenvalue weighted by atomic mass is 16.5. The van der Waals surface area contributed by atoms with Crippen LogP contribution < -0.4 is 4.74 Å². The van der Waals surface area contributed by atoms with Gasteiger partial charge in [0.15, 0.2) is 0 Å². The van der Waals surface area contributed by atoms with Crippen molar-refractivity contribution in [2.24, 2.45) is 0 Å². The van der Waals surface area contributed by atoms with E-state index in [1.165, 1.54) is 0 Å². The summed E-state index contributed by atoms with van der Waals surface area (Å²) < 4.78 is 10.5. The van der Waals surface area contributed by atoms with Gasteiger partial charge in [0.1, 0.15) is 5.75 Å². The van der Waals surface area contributed by atoms with Crippen molar-refractivity contribution in [2.45, 2.75) is 25.6 Å². The van der Waals surface area contributed by atoms with Crippen LogP contribution >= 0.6 is 0 Å². The average Bonchev–Trinajstić information content (AvgIpc) is 2.36. The first-order chi connectivity index (χ1) is 8.26. The molecule has 1 atom stereocenters. The molecule has 0 fully saturated rings. The lowest BCUT2D eigenvalue weighted by molar-refractivity contribution is 0.0618. The second kappa shape index (κ2) is 8.06. The summed E-state index contributed by atoms with van der Waals surface area (Å²) in [6.07, 6.45) is 0.485. The summed E-state index contributed by atoms with van der Waals surface area (Å²) in [6, 6.07) is 7.67. The van der Waals surface area contributed by atoms with Gasteiger partial charge < -0.3 is 19.7 Å². The van der Waals surface area contributed by atoms with Gasteiger partial charge in [0.05, 0.1) is 19.8 Å². The maximum Gasteiger partial charge on any atom is 0.118 e.